The Balaban J connectivity index is 3.22. The standard InChI is InChI=1S/C8H11NO2S/c1-6-3-4-7(12(10)11)5-8(6)9-2/h3-5,9,12H,1-2H3. The molecule has 4 heteroatoms. The van der Waals surface area contributed by atoms with E-state index < -0.39 is 10.7 Å². The zero-order chi connectivity index (χ0) is 9.14. The molecule has 0 amide bonds. The van der Waals surface area contributed by atoms with Crippen LogP contribution < -0.4 is 5.32 Å². The first-order valence-corrected chi connectivity index (χ1v) is 4.75. The second-order valence-electron chi connectivity index (χ2n) is 2.51. The van der Waals surface area contributed by atoms with Crippen LogP contribution in [-0.2, 0) is 10.7 Å². The number of benzene rings is 1. The Kier molecular flexibility index (Phi) is 2.70. The molecule has 0 bridgehead atoms. The van der Waals surface area contributed by atoms with Gasteiger partial charge in [0.15, 0.2) is 10.7 Å². The van der Waals surface area contributed by atoms with Gasteiger partial charge < -0.3 is 5.32 Å². The maximum Gasteiger partial charge on any atom is 0.168 e. The lowest BCUT2D eigenvalue weighted by atomic mass is 10.2. The molecule has 0 aliphatic rings. The largest absolute Gasteiger partial charge is 0.388 e. The van der Waals surface area contributed by atoms with Crippen molar-refractivity contribution in [3.8, 4) is 0 Å². The highest BCUT2D eigenvalue weighted by molar-refractivity contribution is 7.72. The average Bonchev–Trinajstić information content (AvgIpc) is 2.05. The summed E-state index contributed by atoms with van der Waals surface area (Å²) in [6, 6.07) is 5.01. The minimum absolute atomic E-state index is 0.347. The van der Waals surface area contributed by atoms with E-state index in [9.17, 15) is 8.42 Å². The zero-order valence-electron chi connectivity index (χ0n) is 7.00. The summed E-state index contributed by atoms with van der Waals surface area (Å²) < 4.78 is 21.2. The number of rotatable bonds is 2. The second-order valence-corrected chi connectivity index (χ2v) is 3.54. The third-order valence-electron chi connectivity index (χ3n) is 1.70. The van der Waals surface area contributed by atoms with Gasteiger partial charge in [0.05, 0.1) is 4.90 Å². The van der Waals surface area contributed by atoms with Crippen LogP contribution in [0.15, 0.2) is 23.1 Å². The van der Waals surface area contributed by atoms with E-state index >= 15 is 0 Å². The maximum absolute atomic E-state index is 10.6. The number of hydrogen-bond donors (Lipinski definition) is 2. The highest BCUT2D eigenvalue weighted by atomic mass is 32.2. The lowest BCUT2D eigenvalue weighted by Gasteiger charge is -2.04. The molecular formula is C8H11NO2S. The molecule has 0 saturated carbocycles. The van der Waals surface area contributed by atoms with Gasteiger partial charge in [0.2, 0.25) is 0 Å². The van der Waals surface area contributed by atoms with Crippen molar-refractivity contribution in [1.29, 1.82) is 0 Å². The van der Waals surface area contributed by atoms with Gasteiger partial charge in [-0.05, 0) is 24.6 Å². The molecule has 1 N–H and O–H groups in total. The smallest absolute Gasteiger partial charge is 0.168 e. The van der Waals surface area contributed by atoms with Crippen molar-refractivity contribution in [2.75, 3.05) is 12.4 Å². The third-order valence-corrected chi connectivity index (χ3v) is 2.40. The van der Waals surface area contributed by atoms with E-state index in [0.717, 1.165) is 11.3 Å². The van der Waals surface area contributed by atoms with Crippen molar-refractivity contribution in [1.82, 2.24) is 0 Å². The van der Waals surface area contributed by atoms with Gasteiger partial charge in [-0.25, -0.2) is 8.42 Å². The van der Waals surface area contributed by atoms with Crippen LogP contribution in [0, 0.1) is 6.92 Å². The number of thiol groups is 1. The molecule has 0 saturated heterocycles. The molecule has 0 aliphatic carbocycles. The van der Waals surface area contributed by atoms with Gasteiger partial charge in [0.25, 0.3) is 0 Å². The van der Waals surface area contributed by atoms with E-state index in [2.05, 4.69) is 5.32 Å². The normalized spacial score (nSPS) is 10.2. The number of aryl methyl sites for hydroxylation is 1. The SMILES string of the molecule is CNc1cc([SH](=O)=O)ccc1C. The van der Waals surface area contributed by atoms with Crippen LogP contribution in [-0.4, -0.2) is 15.5 Å². The van der Waals surface area contributed by atoms with Crippen molar-refractivity contribution in [3.63, 3.8) is 0 Å². The van der Waals surface area contributed by atoms with Gasteiger partial charge in [0.1, 0.15) is 0 Å². The fourth-order valence-corrected chi connectivity index (χ4v) is 1.42. The highest BCUT2D eigenvalue weighted by Crippen LogP contribution is 2.16. The van der Waals surface area contributed by atoms with Gasteiger partial charge in [-0.1, -0.05) is 6.07 Å². The summed E-state index contributed by atoms with van der Waals surface area (Å²) in [6.07, 6.45) is 0. The Labute approximate surface area is 73.4 Å². The van der Waals surface area contributed by atoms with E-state index in [0.29, 0.717) is 4.90 Å². The van der Waals surface area contributed by atoms with Gasteiger partial charge in [-0.3, -0.25) is 0 Å². The molecule has 1 rings (SSSR count). The van der Waals surface area contributed by atoms with Gasteiger partial charge >= 0.3 is 0 Å². The first kappa shape index (κ1) is 9.06. The van der Waals surface area contributed by atoms with E-state index in [1.165, 1.54) is 0 Å². The predicted molar refractivity (Wildman–Crippen MR) is 49.3 cm³/mol. The highest BCUT2D eigenvalue weighted by Gasteiger charge is 1.99. The lowest BCUT2D eigenvalue weighted by molar-refractivity contribution is 0.614. The van der Waals surface area contributed by atoms with E-state index in [1.807, 2.05) is 6.92 Å². The van der Waals surface area contributed by atoms with Crippen LogP contribution in [0.25, 0.3) is 0 Å². The summed E-state index contributed by atoms with van der Waals surface area (Å²) >= 11 is 0. The quantitative estimate of drug-likeness (QED) is 0.676. The minimum Gasteiger partial charge on any atom is -0.388 e. The van der Waals surface area contributed by atoms with Crippen LogP contribution in [0.2, 0.25) is 0 Å². The maximum atomic E-state index is 10.6. The van der Waals surface area contributed by atoms with Gasteiger partial charge in [-0.2, -0.15) is 0 Å². The Bertz CT molecular complexity index is 350. The van der Waals surface area contributed by atoms with Crippen LogP contribution >= 0.6 is 0 Å². The molecule has 0 spiro atoms. The van der Waals surface area contributed by atoms with Crippen molar-refractivity contribution in [2.45, 2.75) is 11.8 Å². The Morgan fingerprint density at radius 2 is 2.00 bits per heavy atom. The molecule has 0 radical (unpaired) electrons. The molecule has 12 heavy (non-hydrogen) atoms. The predicted octanol–water partition coefficient (Wildman–Crippen LogP) is 1.01. The zero-order valence-corrected chi connectivity index (χ0v) is 7.89. The Morgan fingerprint density at radius 1 is 1.33 bits per heavy atom. The number of hydrogen-bond acceptors (Lipinski definition) is 3. The Hall–Kier alpha value is -1.03. The summed E-state index contributed by atoms with van der Waals surface area (Å²) in [5, 5.41) is 2.92. The monoisotopic (exact) mass is 185 g/mol. The van der Waals surface area contributed by atoms with E-state index in [1.54, 1.807) is 25.2 Å². The number of nitrogens with one attached hydrogen (secondary N) is 1. The van der Waals surface area contributed by atoms with Crippen molar-refractivity contribution in [3.05, 3.63) is 23.8 Å². The topological polar surface area (TPSA) is 46.2 Å². The summed E-state index contributed by atoms with van der Waals surface area (Å²) in [5.41, 5.74) is 1.89. The molecule has 0 heterocycles. The lowest BCUT2D eigenvalue weighted by Crippen LogP contribution is -1.92. The molecule has 66 valence electrons. The molecule has 3 nitrogen and oxygen atoms in total. The average molecular weight is 185 g/mol. The minimum atomic E-state index is -2.47. The van der Waals surface area contributed by atoms with Crippen molar-refractivity contribution >= 4 is 16.4 Å². The van der Waals surface area contributed by atoms with Crippen molar-refractivity contribution in [2.24, 2.45) is 0 Å². The van der Waals surface area contributed by atoms with Gasteiger partial charge in [0, 0.05) is 12.7 Å². The molecule has 0 atom stereocenters. The molecule has 0 unspecified atom stereocenters. The first-order chi connectivity index (χ1) is 5.65. The summed E-state index contributed by atoms with van der Waals surface area (Å²) in [4.78, 5) is 0.347. The van der Waals surface area contributed by atoms with E-state index in [4.69, 9.17) is 0 Å². The van der Waals surface area contributed by atoms with Crippen LogP contribution in [0.5, 0.6) is 0 Å². The third kappa shape index (κ3) is 1.76. The van der Waals surface area contributed by atoms with E-state index in [-0.39, 0.29) is 0 Å². The molecule has 1 aromatic carbocycles. The number of anilines is 1. The Morgan fingerprint density at radius 3 is 2.50 bits per heavy atom. The van der Waals surface area contributed by atoms with Gasteiger partial charge in [-0.15, -0.1) is 0 Å². The van der Waals surface area contributed by atoms with Crippen molar-refractivity contribution < 1.29 is 8.42 Å². The first-order valence-electron chi connectivity index (χ1n) is 3.58. The molecule has 0 fully saturated rings. The molecular weight excluding hydrogens is 174 g/mol. The molecule has 1 aromatic rings. The van der Waals surface area contributed by atoms with Crippen LogP contribution in [0.4, 0.5) is 5.69 Å². The van der Waals surface area contributed by atoms with Crippen LogP contribution in [0.3, 0.4) is 0 Å². The summed E-state index contributed by atoms with van der Waals surface area (Å²) in [7, 11) is -0.702. The van der Waals surface area contributed by atoms with Crippen LogP contribution in [0.1, 0.15) is 5.56 Å². The second kappa shape index (κ2) is 3.58. The fraction of sp³-hybridized carbons (Fsp3) is 0.250. The molecule has 0 aromatic heterocycles. The summed E-state index contributed by atoms with van der Waals surface area (Å²) in [6.45, 7) is 1.92. The summed E-state index contributed by atoms with van der Waals surface area (Å²) in [5.74, 6) is 0. The molecule has 0 aliphatic heterocycles. The fourth-order valence-electron chi connectivity index (χ4n) is 0.993.